The fourth-order valence-corrected chi connectivity index (χ4v) is 0.591. The fourth-order valence-electron chi connectivity index (χ4n) is 0.457. The van der Waals surface area contributed by atoms with Gasteiger partial charge in [-0.3, -0.25) is 0 Å². The number of halogens is 1. The average Bonchev–Trinajstić information content (AvgIpc) is 1.89. The fraction of sp³-hybridized carbons (Fsp3) is 0.750. The third-order valence-electron chi connectivity index (χ3n) is 0.935. The molecule has 0 atom stereocenters. The molecule has 0 spiro atoms. The van der Waals surface area contributed by atoms with Gasteiger partial charge in [0.15, 0.2) is 0 Å². The molecule has 0 rings (SSSR count). The number of hydrogen-bond acceptors (Lipinski definition) is 0. The predicted molar refractivity (Wildman–Crippen MR) is 42.6 cm³/mol. The summed E-state index contributed by atoms with van der Waals surface area (Å²) in [6.45, 7) is 2.14. The number of rotatable bonds is 3. The van der Waals surface area contributed by atoms with E-state index in [1.807, 2.05) is 0 Å². The van der Waals surface area contributed by atoms with Crippen LogP contribution in [-0.4, -0.2) is 5.88 Å². The molecule has 1 heteroatoms. The molecule has 0 N–H and O–H groups in total. The zero-order valence-corrected chi connectivity index (χ0v) is 6.67. The van der Waals surface area contributed by atoms with Gasteiger partial charge in [-0.1, -0.05) is 6.92 Å². The van der Waals surface area contributed by atoms with Crippen LogP contribution in [0, 0.1) is 11.8 Å². The minimum atomic E-state index is 0.737. The van der Waals surface area contributed by atoms with Crippen molar-refractivity contribution in [3.63, 3.8) is 0 Å². The van der Waals surface area contributed by atoms with Crippen LogP contribution in [0.2, 0.25) is 0 Å². The van der Waals surface area contributed by atoms with Gasteiger partial charge < -0.3 is 0 Å². The highest BCUT2D eigenvalue weighted by atomic mass is 35.5. The van der Waals surface area contributed by atoms with Crippen LogP contribution in [0.3, 0.4) is 0 Å². The Bertz CT molecular complexity index is 96.9. The van der Waals surface area contributed by atoms with Gasteiger partial charge in [-0.15, -0.1) is 23.4 Å². The van der Waals surface area contributed by atoms with Crippen molar-refractivity contribution in [1.29, 1.82) is 0 Å². The molecule has 0 heterocycles. The molecule has 0 nitrogen and oxygen atoms in total. The number of unbranched alkanes of at least 4 members (excludes halogenated alkanes) is 2. The van der Waals surface area contributed by atoms with Crippen molar-refractivity contribution in [2.45, 2.75) is 32.6 Å². The van der Waals surface area contributed by atoms with Crippen molar-refractivity contribution < 1.29 is 0 Å². The smallest absolute Gasteiger partial charge is 0.0232 e. The summed E-state index contributed by atoms with van der Waals surface area (Å²) in [6, 6.07) is 0. The summed E-state index contributed by atoms with van der Waals surface area (Å²) in [6.07, 6.45) is 4.18. The summed E-state index contributed by atoms with van der Waals surface area (Å²) in [5, 5.41) is 0. The Morgan fingerprint density at radius 1 is 1.22 bits per heavy atom. The standard InChI is InChI=1S/C8H13Cl/c1-2-3-4-5-6-7-8-9/h2-3,6-8H2,1H3. The van der Waals surface area contributed by atoms with Crippen LogP contribution in [0.1, 0.15) is 32.6 Å². The molecule has 0 saturated heterocycles. The van der Waals surface area contributed by atoms with E-state index in [4.69, 9.17) is 11.6 Å². The van der Waals surface area contributed by atoms with Gasteiger partial charge in [0, 0.05) is 18.7 Å². The Hall–Kier alpha value is -0.150. The molecule has 9 heavy (non-hydrogen) atoms. The lowest BCUT2D eigenvalue weighted by Crippen LogP contribution is -1.71. The molecule has 0 aliphatic heterocycles. The Morgan fingerprint density at radius 2 is 1.89 bits per heavy atom. The summed E-state index contributed by atoms with van der Waals surface area (Å²) in [5.41, 5.74) is 0. The quantitative estimate of drug-likeness (QED) is 0.325. The Kier molecular flexibility index (Phi) is 7.72. The van der Waals surface area contributed by atoms with Crippen LogP contribution in [0.25, 0.3) is 0 Å². The van der Waals surface area contributed by atoms with E-state index in [0.29, 0.717) is 0 Å². The lowest BCUT2D eigenvalue weighted by atomic mass is 10.3. The van der Waals surface area contributed by atoms with Crippen LogP contribution in [-0.2, 0) is 0 Å². The summed E-state index contributed by atoms with van der Waals surface area (Å²) >= 11 is 5.45. The summed E-state index contributed by atoms with van der Waals surface area (Å²) < 4.78 is 0. The van der Waals surface area contributed by atoms with E-state index in [-0.39, 0.29) is 0 Å². The molecule has 0 amide bonds. The van der Waals surface area contributed by atoms with Crippen LogP contribution in [0.4, 0.5) is 0 Å². The van der Waals surface area contributed by atoms with Crippen molar-refractivity contribution in [2.24, 2.45) is 0 Å². The van der Waals surface area contributed by atoms with Crippen molar-refractivity contribution in [1.82, 2.24) is 0 Å². The van der Waals surface area contributed by atoms with Crippen LogP contribution >= 0.6 is 11.6 Å². The summed E-state index contributed by atoms with van der Waals surface area (Å²) in [7, 11) is 0. The first-order valence-corrected chi connectivity index (χ1v) is 3.97. The van der Waals surface area contributed by atoms with Crippen molar-refractivity contribution in [3.8, 4) is 11.8 Å². The Morgan fingerprint density at radius 3 is 2.44 bits per heavy atom. The monoisotopic (exact) mass is 144 g/mol. The zero-order chi connectivity index (χ0) is 6.95. The van der Waals surface area contributed by atoms with E-state index in [1.165, 1.54) is 0 Å². The third-order valence-corrected chi connectivity index (χ3v) is 1.20. The highest BCUT2D eigenvalue weighted by Gasteiger charge is 1.76. The molecule has 0 radical (unpaired) electrons. The minimum Gasteiger partial charge on any atom is -0.127 e. The van der Waals surface area contributed by atoms with E-state index in [1.54, 1.807) is 0 Å². The van der Waals surface area contributed by atoms with Crippen molar-refractivity contribution in [3.05, 3.63) is 0 Å². The van der Waals surface area contributed by atoms with Crippen LogP contribution in [0.5, 0.6) is 0 Å². The van der Waals surface area contributed by atoms with E-state index in [0.717, 1.165) is 31.6 Å². The summed E-state index contributed by atoms with van der Waals surface area (Å²) in [5.74, 6) is 6.85. The minimum absolute atomic E-state index is 0.737. The third kappa shape index (κ3) is 7.85. The lowest BCUT2D eigenvalue weighted by molar-refractivity contribution is 0.964. The van der Waals surface area contributed by atoms with Gasteiger partial charge in [-0.25, -0.2) is 0 Å². The molecule has 0 aliphatic rings. The molecule has 0 bridgehead atoms. The SMILES string of the molecule is CCCC#CCCCCl. The first-order valence-electron chi connectivity index (χ1n) is 3.43. The Balaban J connectivity index is 2.96. The topological polar surface area (TPSA) is 0 Å². The number of hydrogen-bond donors (Lipinski definition) is 0. The van der Waals surface area contributed by atoms with E-state index in [2.05, 4.69) is 18.8 Å². The molecule has 0 aromatic heterocycles. The lowest BCUT2D eigenvalue weighted by Gasteiger charge is -1.81. The van der Waals surface area contributed by atoms with Crippen molar-refractivity contribution in [2.75, 3.05) is 5.88 Å². The highest BCUT2D eigenvalue weighted by molar-refractivity contribution is 6.17. The molecule has 0 fully saturated rings. The maximum Gasteiger partial charge on any atom is 0.0232 e. The molecule has 0 unspecified atom stereocenters. The summed E-state index contributed by atoms with van der Waals surface area (Å²) in [4.78, 5) is 0. The van der Waals surface area contributed by atoms with Gasteiger partial charge >= 0.3 is 0 Å². The molecular formula is C8H13Cl. The second kappa shape index (κ2) is 7.85. The van der Waals surface area contributed by atoms with Gasteiger partial charge in [0.2, 0.25) is 0 Å². The normalized spacial score (nSPS) is 8.22. The number of alkyl halides is 1. The predicted octanol–water partition coefficient (Wildman–Crippen LogP) is 2.81. The second-order valence-corrected chi connectivity index (χ2v) is 2.27. The molecule has 52 valence electrons. The average molecular weight is 145 g/mol. The molecular weight excluding hydrogens is 132 g/mol. The Labute approximate surface area is 62.6 Å². The molecule has 0 aromatic carbocycles. The highest BCUT2D eigenvalue weighted by Crippen LogP contribution is 1.89. The van der Waals surface area contributed by atoms with E-state index >= 15 is 0 Å². The molecule has 0 aliphatic carbocycles. The maximum atomic E-state index is 5.45. The van der Waals surface area contributed by atoms with Crippen LogP contribution < -0.4 is 0 Å². The second-order valence-electron chi connectivity index (χ2n) is 1.90. The molecule has 0 aromatic rings. The van der Waals surface area contributed by atoms with Gasteiger partial charge in [-0.2, -0.15) is 0 Å². The van der Waals surface area contributed by atoms with E-state index < -0.39 is 0 Å². The van der Waals surface area contributed by atoms with Gasteiger partial charge in [0.05, 0.1) is 0 Å². The largest absolute Gasteiger partial charge is 0.127 e. The maximum absolute atomic E-state index is 5.45. The first-order chi connectivity index (χ1) is 4.41. The zero-order valence-electron chi connectivity index (χ0n) is 5.91. The van der Waals surface area contributed by atoms with Crippen molar-refractivity contribution >= 4 is 11.6 Å². The molecule has 0 saturated carbocycles. The first kappa shape index (κ1) is 8.85. The van der Waals surface area contributed by atoms with Crippen LogP contribution in [0.15, 0.2) is 0 Å². The van der Waals surface area contributed by atoms with Gasteiger partial charge in [0.1, 0.15) is 0 Å². The van der Waals surface area contributed by atoms with E-state index in [9.17, 15) is 0 Å². The van der Waals surface area contributed by atoms with Gasteiger partial charge in [0.25, 0.3) is 0 Å². The van der Waals surface area contributed by atoms with Gasteiger partial charge in [-0.05, 0) is 12.8 Å².